The second kappa shape index (κ2) is 12.8. The number of rotatable bonds is 12. The van der Waals surface area contributed by atoms with Crippen molar-refractivity contribution in [2.75, 3.05) is 26.8 Å². The van der Waals surface area contributed by atoms with E-state index in [1.807, 2.05) is 0 Å². The number of unbranched alkanes of at least 4 members (excludes halogenated alkanes) is 3. The molecule has 0 aromatic heterocycles. The topological polar surface area (TPSA) is 125 Å². The SMILES string of the molecule is CCCCCCN(C(=O)C1CCCC1)C1C=C(C(=O)NCCO)C2c3cc(C=O)cc(OC)c3OC2C1O. The van der Waals surface area contributed by atoms with Gasteiger partial charge >= 0.3 is 0 Å². The molecule has 0 bridgehead atoms. The monoisotopic (exact) mass is 528 g/mol. The molecule has 4 rings (SSSR count). The molecule has 3 N–H and O–H groups in total. The second-order valence-electron chi connectivity index (χ2n) is 10.5. The highest BCUT2D eigenvalue weighted by molar-refractivity contribution is 5.96. The van der Waals surface area contributed by atoms with Gasteiger partial charge in [0.25, 0.3) is 0 Å². The maximum atomic E-state index is 13.7. The normalized spacial score (nSPS) is 24.2. The Morgan fingerprint density at radius 1 is 1.21 bits per heavy atom. The number of carbonyl (C=O) groups excluding carboxylic acids is 3. The summed E-state index contributed by atoms with van der Waals surface area (Å²) in [7, 11) is 1.47. The summed E-state index contributed by atoms with van der Waals surface area (Å²) in [5.41, 5.74) is 1.29. The Hall–Kier alpha value is -2.91. The highest BCUT2D eigenvalue weighted by atomic mass is 16.5. The highest BCUT2D eigenvalue weighted by Crippen LogP contribution is 2.51. The zero-order valence-corrected chi connectivity index (χ0v) is 22.4. The first kappa shape index (κ1) is 28.1. The first-order valence-electron chi connectivity index (χ1n) is 13.9. The van der Waals surface area contributed by atoms with E-state index in [4.69, 9.17) is 9.47 Å². The second-order valence-corrected chi connectivity index (χ2v) is 10.5. The van der Waals surface area contributed by atoms with E-state index in [0.29, 0.717) is 41.0 Å². The highest BCUT2D eigenvalue weighted by Gasteiger charge is 2.51. The number of carbonyl (C=O) groups is 3. The van der Waals surface area contributed by atoms with Gasteiger partial charge in [-0.3, -0.25) is 14.4 Å². The van der Waals surface area contributed by atoms with E-state index in [2.05, 4.69) is 12.2 Å². The number of nitrogens with zero attached hydrogens (tertiary/aromatic N) is 1. The van der Waals surface area contributed by atoms with Crippen molar-refractivity contribution >= 4 is 18.1 Å². The van der Waals surface area contributed by atoms with Crippen molar-refractivity contribution in [3.8, 4) is 11.5 Å². The lowest BCUT2D eigenvalue weighted by Crippen LogP contribution is -2.56. The van der Waals surface area contributed by atoms with E-state index in [0.717, 1.165) is 51.4 Å². The molecule has 2 amide bonds. The van der Waals surface area contributed by atoms with E-state index in [1.54, 1.807) is 23.1 Å². The number of aliphatic hydroxyl groups is 2. The van der Waals surface area contributed by atoms with Crippen LogP contribution in [0.3, 0.4) is 0 Å². The van der Waals surface area contributed by atoms with Crippen molar-refractivity contribution in [2.45, 2.75) is 82.5 Å². The maximum Gasteiger partial charge on any atom is 0.247 e. The molecule has 208 valence electrons. The van der Waals surface area contributed by atoms with Crippen molar-refractivity contribution in [3.63, 3.8) is 0 Å². The van der Waals surface area contributed by atoms with E-state index in [9.17, 15) is 24.6 Å². The molecule has 1 aromatic rings. The first-order valence-corrected chi connectivity index (χ1v) is 13.9. The molecule has 4 unspecified atom stereocenters. The average molecular weight is 529 g/mol. The lowest BCUT2D eigenvalue weighted by Gasteiger charge is -2.41. The van der Waals surface area contributed by atoms with Gasteiger partial charge in [-0.05, 0) is 37.5 Å². The molecule has 1 saturated carbocycles. The van der Waals surface area contributed by atoms with Crippen molar-refractivity contribution in [2.24, 2.45) is 5.92 Å². The molecule has 0 saturated heterocycles. The van der Waals surface area contributed by atoms with Crippen LogP contribution in [0, 0.1) is 5.92 Å². The summed E-state index contributed by atoms with van der Waals surface area (Å²) in [6.07, 6.45) is 8.06. The van der Waals surface area contributed by atoms with Crippen LogP contribution in [0.25, 0.3) is 0 Å². The third-order valence-corrected chi connectivity index (χ3v) is 8.01. The number of benzene rings is 1. The smallest absolute Gasteiger partial charge is 0.247 e. The lowest BCUT2D eigenvalue weighted by atomic mass is 9.77. The van der Waals surface area contributed by atoms with Gasteiger partial charge in [0.2, 0.25) is 11.8 Å². The number of ether oxygens (including phenoxy) is 2. The summed E-state index contributed by atoms with van der Waals surface area (Å²) >= 11 is 0. The molecule has 9 nitrogen and oxygen atoms in total. The molecule has 1 heterocycles. The third-order valence-electron chi connectivity index (χ3n) is 8.01. The van der Waals surface area contributed by atoms with Crippen LogP contribution in [0.1, 0.15) is 80.1 Å². The predicted octanol–water partition coefficient (Wildman–Crippen LogP) is 2.73. The molecule has 1 aliphatic heterocycles. The summed E-state index contributed by atoms with van der Waals surface area (Å²) in [6, 6.07) is 2.47. The number of amides is 2. The first-order chi connectivity index (χ1) is 18.4. The van der Waals surface area contributed by atoms with Crippen molar-refractivity contribution < 1.29 is 34.1 Å². The maximum absolute atomic E-state index is 13.7. The van der Waals surface area contributed by atoms with Gasteiger partial charge in [0, 0.05) is 35.7 Å². The van der Waals surface area contributed by atoms with E-state index >= 15 is 0 Å². The van der Waals surface area contributed by atoms with Crippen LogP contribution in [-0.2, 0) is 9.59 Å². The fourth-order valence-corrected chi connectivity index (χ4v) is 6.08. The summed E-state index contributed by atoms with van der Waals surface area (Å²) in [5, 5.41) is 23.7. The average Bonchev–Trinajstić information content (AvgIpc) is 3.61. The summed E-state index contributed by atoms with van der Waals surface area (Å²) in [6.45, 7) is 2.46. The Morgan fingerprint density at radius 3 is 2.63 bits per heavy atom. The van der Waals surface area contributed by atoms with Gasteiger partial charge in [-0.25, -0.2) is 0 Å². The minimum absolute atomic E-state index is 0.0178. The molecule has 4 atom stereocenters. The largest absolute Gasteiger partial charge is 0.493 e. The Morgan fingerprint density at radius 2 is 1.97 bits per heavy atom. The summed E-state index contributed by atoms with van der Waals surface area (Å²) in [4.78, 5) is 40.5. The van der Waals surface area contributed by atoms with Gasteiger partial charge in [0.05, 0.1) is 25.7 Å². The third kappa shape index (κ3) is 5.59. The van der Waals surface area contributed by atoms with E-state index < -0.39 is 30.1 Å². The molecular formula is C29H40N2O7. The fourth-order valence-electron chi connectivity index (χ4n) is 6.08. The summed E-state index contributed by atoms with van der Waals surface area (Å²) < 4.78 is 11.7. The Balaban J connectivity index is 1.75. The van der Waals surface area contributed by atoms with Gasteiger partial charge in [-0.1, -0.05) is 39.0 Å². The van der Waals surface area contributed by atoms with E-state index in [1.165, 1.54) is 7.11 Å². The number of fused-ring (bicyclic) bond motifs is 3. The minimum atomic E-state index is -1.09. The Labute approximate surface area is 224 Å². The van der Waals surface area contributed by atoms with Crippen LogP contribution in [0.5, 0.6) is 11.5 Å². The van der Waals surface area contributed by atoms with Crippen LogP contribution in [0.15, 0.2) is 23.8 Å². The van der Waals surface area contributed by atoms with Gasteiger partial charge in [-0.15, -0.1) is 0 Å². The standard InChI is InChI=1S/C29H40N2O7/c1-3-4-5-8-12-31(29(36)19-9-6-7-10-19)22-16-21(28(35)30-11-13-32)24-20-14-18(17-33)15-23(37-2)26(20)38-27(24)25(22)34/h14-17,19,22,24-25,27,32,34H,3-13H2,1-2H3,(H,30,35). The van der Waals surface area contributed by atoms with Crippen LogP contribution in [0.2, 0.25) is 0 Å². The Kier molecular flexibility index (Phi) is 9.44. The van der Waals surface area contributed by atoms with Crippen molar-refractivity contribution in [1.82, 2.24) is 10.2 Å². The minimum Gasteiger partial charge on any atom is -0.493 e. The number of aliphatic hydroxyl groups excluding tert-OH is 2. The zero-order chi connectivity index (χ0) is 27.2. The molecule has 9 heteroatoms. The van der Waals surface area contributed by atoms with Gasteiger partial charge in [-0.2, -0.15) is 0 Å². The van der Waals surface area contributed by atoms with Crippen molar-refractivity contribution in [3.05, 3.63) is 34.9 Å². The number of hydrogen-bond donors (Lipinski definition) is 3. The van der Waals surface area contributed by atoms with Crippen LogP contribution in [-0.4, -0.2) is 78.3 Å². The van der Waals surface area contributed by atoms with Gasteiger partial charge in [0.1, 0.15) is 18.5 Å². The molecule has 38 heavy (non-hydrogen) atoms. The van der Waals surface area contributed by atoms with Crippen LogP contribution in [0.4, 0.5) is 0 Å². The predicted molar refractivity (Wildman–Crippen MR) is 141 cm³/mol. The lowest BCUT2D eigenvalue weighted by molar-refractivity contribution is -0.141. The molecule has 1 aromatic carbocycles. The molecule has 2 aliphatic carbocycles. The number of hydrogen-bond acceptors (Lipinski definition) is 7. The van der Waals surface area contributed by atoms with Gasteiger partial charge < -0.3 is 29.9 Å². The van der Waals surface area contributed by atoms with E-state index in [-0.39, 0.29) is 25.0 Å². The molecule has 1 fully saturated rings. The number of aldehydes is 1. The van der Waals surface area contributed by atoms with Gasteiger partial charge in [0.15, 0.2) is 11.5 Å². The quantitative estimate of drug-likeness (QED) is 0.281. The van der Waals surface area contributed by atoms with Crippen LogP contribution >= 0.6 is 0 Å². The van der Waals surface area contributed by atoms with Crippen LogP contribution < -0.4 is 14.8 Å². The molecule has 3 aliphatic rings. The zero-order valence-electron chi connectivity index (χ0n) is 22.4. The number of nitrogens with one attached hydrogen (secondary N) is 1. The molecule has 0 radical (unpaired) electrons. The Bertz CT molecular complexity index is 1050. The summed E-state index contributed by atoms with van der Waals surface area (Å²) in [5.74, 6) is -0.404. The van der Waals surface area contributed by atoms with Crippen molar-refractivity contribution in [1.29, 1.82) is 0 Å². The number of methoxy groups -OCH3 is 1. The fraction of sp³-hybridized carbons (Fsp3) is 0.621. The molecular weight excluding hydrogens is 488 g/mol. The molecule has 0 spiro atoms.